The van der Waals surface area contributed by atoms with Crippen molar-refractivity contribution < 1.29 is 22.4 Å². The Balaban J connectivity index is 1.50. The summed E-state index contributed by atoms with van der Waals surface area (Å²) in [5, 5.41) is 7.20. The summed E-state index contributed by atoms with van der Waals surface area (Å²) < 4.78 is 47.6. The van der Waals surface area contributed by atoms with Gasteiger partial charge in [-0.2, -0.15) is 18.3 Å². The third kappa shape index (κ3) is 3.56. The molecule has 0 saturated heterocycles. The Bertz CT molecular complexity index is 1310. The lowest BCUT2D eigenvalue weighted by Gasteiger charge is -2.15. The zero-order valence-corrected chi connectivity index (χ0v) is 17.2. The van der Waals surface area contributed by atoms with Crippen molar-refractivity contribution in [2.24, 2.45) is 0 Å². The number of hydrogen-bond donors (Lipinski definition) is 1. The van der Waals surface area contributed by atoms with Gasteiger partial charge in [-0.05, 0) is 61.0 Å². The van der Waals surface area contributed by atoms with Crippen LogP contribution in [0.1, 0.15) is 27.4 Å². The third-order valence-corrected chi connectivity index (χ3v) is 5.58. The van der Waals surface area contributed by atoms with Gasteiger partial charge in [0.15, 0.2) is 5.69 Å². The fourth-order valence-electron chi connectivity index (χ4n) is 3.85. The van der Waals surface area contributed by atoms with E-state index in [2.05, 4.69) is 10.4 Å². The van der Waals surface area contributed by atoms with E-state index in [9.17, 15) is 18.0 Å². The molecule has 1 aliphatic rings. The molecule has 0 atom stereocenters. The Labute approximate surface area is 185 Å². The van der Waals surface area contributed by atoms with Gasteiger partial charge in [0.1, 0.15) is 5.76 Å². The number of aryl methyl sites for hydroxylation is 1. The van der Waals surface area contributed by atoms with Crippen LogP contribution in [0.3, 0.4) is 0 Å². The molecule has 0 unspecified atom stereocenters. The van der Waals surface area contributed by atoms with E-state index in [-0.39, 0.29) is 17.9 Å². The second-order valence-electron chi connectivity index (χ2n) is 7.35. The number of nitrogens with zero attached hydrogens (tertiary/aromatic N) is 2. The van der Waals surface area contributed by atoms with Crippen molar-refractivity contribution in [2.75, 3.05) is 5.32 Å². The number of rotatable bonds is 3. The van der Waals surface area contributed by atoms with Crippen LogP contribution in [0, 0.1) is 0 Å². The largest absolute Gasteiger partial charge is 0.469 e. The van der Waals surface area contributed by atoms with Crippen LogP contribution in [-0.2, 0) is 19.0 Å². The minimum Gasteiger partial charge on any atom is -0.469 e. The van der Waals surface area contributed by atoms with E-state index in [1.807, 2.05) is 0 Å². The lowest BCUT2D eigenvalue weighted by Crippen LogP contribution is -2.12. The van der Waals surface area contributed by atoms with Gasteiger partial charge in [-0.25, -0.2) is 4.68 Å². The summed E-state index contributed by atoms with van der Waals surface area (Å²) in [5.74, 6) is 0.279. The van der Waals surface area contributed by atoms with Gasteiger partial charge in [0.25, 0.3) is 5.91 Å². The predicted molar refractivity (Wildman–Crippen MR) is 113 cm³/mol. The zero-order chi connectivity index (χ0) is 22.5. The van der Waals surface area contributed by atoms with Gasteiger partial charge in [-0.15, -0.1) is 0 Å². The number of furan rings is 1. The number of hydrogen-bond acceptors (Lipinski definition) is 3. The molecule has 2 aromatic heterocycles. The standard InChI is InChI=1S/C23H15ClF3N3O2/c24-14-3-5-15(6-4-14)28-22(31)13-1-7-16(8-2-13)30-20-17-11-12-32-19(17)10-9-18(20)21(29-30)23(25,26)27/h1-8,11-12H,9-10H2,(H,28,31). The molecule has 0 aliphatic heterocycles. The summed E-state index contributed by atoms with van der Waals surface area (Å²) >= 11 is 5.85. The minimum atomic E-state index is -4.57. The Morgan fingerprint density at radius 1 is 1.03 bits per heavy atom. The van der Waals surface area contributed by atoms with Gasteiger partial charge >= 0.3 is 6.18 Å². The Morgan fingerprint density at radius 3 is 2.44 bits per heavy atom. The highest BCUT2D eigenvalue weighted by atomic mass is 35.5. The molecular weight excluding hydrogens is 443 g/mol. The first-order chi connectivity index (χ1) is 15.3. The summed E-state index contributed by atoms with van der Waals surface area (Å²) in [6, 6.07) is 14.5. The molecular formula is C23H15ClF3N3O2. The molecule has 1 amide bonds. The topological polar surface area (TPSA) is 60.1 Å². The number of carbonyl (C=O) groups is 1. The number of aromatic nitrogens is 2. The van der Waals surface area contributed by atoms with Crippen LogP contribution in [0.25, 0.3) is 16.9 Å². The fourth-order valence-corrected chi connectivity index (χ4v) is 3.98. The van der Waals surface area contributed by atoms with Crippen LogP contribution in [0.2, 0.25) is 5.02 Å². The summed E-state index contributed by atoms with van der Waals surface area (Å²) in [4.78, 5) is 12.5. The molecule has 0 spiro atoms. The minimum absolute atomic E-state index is 0.149. The lowest BCUT2D eigenvalue weighted by molar-refractivity contribution is -0.142. The number of nitrogens with one attached hydrogen (secondary N) is 1. The van der Waals surface area contributed by atoms with Crippen molar-refractivity contribution in [3.05, 3.63) is 88.5 Å². The molecule has 0 saturated carbocycles. The number of alkyl halides is 3. The molecule has 0 radical (unpaired) electrons. The molecule has 0 bridgehead atoms. The van der Waals surface area contributed by atoms with Crippen molar-refractivity contribution in [1.82, 2.24) is 9.78 Å². The first-order valence-corrected chi connectivity index (χ1v) is 10.1. The van der Waals surface area contributed by atoms with Crippen LogP contribution < -0.4 is 5.32 Å². The molecule has 0 fully saturated rings. The maximum Gasteiger partial charge on any atom is 0.435 e. The van der Waals surface area contributed by atoms with Gasteiger partial charge in [0.05, 0.1) is 17.6 Å². The van der Waals surface area contributed by atoms with Gasteiger partial charge in [-0.3, -0.25) is 4.79 Å². The SMILES string of the molecule is O=C(Nc1ccc(Cl)cc1)c1ccc(-n2nc(C(F)(F)F)c3c2-c2ccoc2CC3)cc1. The van der Waals surface area contributed by atoms with E-state index in [1.54, 1.807) is 54.6 Å². The lowest BCUT2D eigenvalue weighted by atomic mass is 9.94. The average Bonchev–Trinajstić information content (AvgIpc) is 3.39. The van der Waals surface area contributed by atoms with Crippen LogP contribution >= 0.6 is 11.6 Å². The molecule has 5 rings (SSSR count). The van der Waals surface area contributed by atoms with E-state index in [4.69, 9.17) is 16.0 Å². The summed E-state index contributed by atoms with van der Waals surface area (Å²) in [6.45, 7) is 0. The van der Waals surface area contributed by atoms with E-state index >= 15 is 0 Å². The van der Waals surface area contributed by atoms with Crippen molar-refractivity contribution in [2.45, 2.75) is 19.0 Å². The highest BCUT2D eigenvalue weighted by molar-refractivity contribution is 6.30. The van der Waals surface area contributed by atoms with Crippen molar-refractivity contribution in [3.8, 4) is 16.9 Å². The maximum atomic E-state index is 13.6. The average molecular weight is 458 g/mol. The number of anilines is 1. The van der Waals surface area contributed by atoms with E-state index < -0.39 is 11.9 Å². The smallest absolute Gasteiger partial charge is 0.435 e. The summed E-state index contributed by atoms with van der Waals surface area (Å²) in [5.41, 5.74) is 1.55. The summed E-state index contributed by atoms with van der Waals surface area (Å²) in [7, 11) is 0. The number of halogens is 4. The van der Waals surface area contributed by atoms with Gasteiger partial charge in [0, 0.05) is 33.8 Å². The van der Waals surface area contributed by atoms with Crippen LogP contribution in [0.4, 0.5) is 18.9 Å². The van der Waals surface area contributed by atoms with Crippen LogP contribution in [-0.4, -0.2) is 15.7 Å². The van der Waals surface area contributed by atoms with Crippen molar-refractivity contribution in [3.63, 3.8) is 0 Å². The predicted octanol–water partition coefficient (Wildman–Crippen LogP) is 6.16. The number of amides is 1. The molecule has 5 nitrogen and oxygen atoms in total. The second-order valence-corrected chi connectivity index (χ2v) is 7.79. The van der Waals surface area contributed by atoms with E-state index in [0.29, 0.717) is 45.4 Å². The maximum absolute atomic E-state index is 13.6. The Kier molecular flexibility index (Phi) is 4.82. The molecule has 2 heterocycles. The monoisotopic (exact) mass is 457 g/mol. The van der Waals surface area contributed by atoms with Crippen molar-refractivity contribution >= 4 is 23.2 Å². The number of fused-ring (bicyclic) bond motifs is 3. The normalized spacial score (nSPS) is 12.9. The van der Waals surface area contributed by atoms with Gasteiger partial charge < -0.3 is 9.73 Å². The highest BCUT2D eigenvalue weighted by Gasteiger charge is 2.41. The zero-order valence-electron chi connectivity index (χ0n) is 16.4. The highest BCUT2D eigenvalue weighted by Crippen LogP contribution is 2.42. The van der Waals surface area contributed by atoms with Crippen molar-refractivity contribution in [1.29, 1.82) is 0 Å². The van der Waals surface area contributed by atoms with Gasteiger partial charge in [-0.1, -0.05) is 11.6 Å². The quantitative estimate of drug-likeness (QED) is 0.401. The fraction of sp³-hybridized carbons (Fsp3) is 0.130. The molecule has 1 aliphatic carbocycles. The first-order valence-electron chi connectivity index (χ1n) is 9.74. The molecule has 9 heteroatoms. The molecule has 2 aromatic carbocycles. The van der Waals surface area contributed by atoms with Gasteiger partial charge in [0.2, 0.25) is 0 Å². The second kappa shape index (κ2) is 7.56. The van der Waals surface area contributed by atoms with E-state index in [1.165, 1.54) is 10.9 Å². The molecule has 32 heavy (non-hydrogen) atoms. The van der Waals surface area contributed by atoms with Crippen LogP contribution in [0.15, 0.2) is 65.3 Å². The molecule has 4 aromatic rings. The Hall–Kier alpha value is -3.52. The molecule has 1 N–H and O–H groups in total. The number of benzene rings is 2. The Morgan fingerprint density at radius 2 is 1.75 bits per heavy atom. The third-order valence-electron chi connectivity index (χ3n) is 5.33. The first kappa shape index (κ1) is 20.4. The van der Waals surface area contributed by atoms with E-state index in [0.717, 1.165) is 0 Å². The number of carbonyl (C=O) groups excluding carboxylic acids is 1. The summed E-state index contributed by atoms with van der Waals surface area (Å²) in [6.07, 6.45) is -2.54. The molecule has 162 valence electrons. The van der Waals surface area contributed by atoms with Crippen LogP contribution in [0.5, 0.6) is 0 Å².